The van der Waals surface area contributed by atoms with Crippen LogP contribution in [0.15, 0.2) is 59.8 Å². The van der Waals surface area contributed by atoms with E-state index in [9.17, 15) is 23.1 Å². The highest BCUT2D eigenvalue weighted by atomic mass is 32.2. The van der Waals surface area contributed by atoms with Gasteiger partial charge in [-0.15, -0.1) is 0 Å². The molecule has 0 aliphatic carbocycles. The molecule has 0 spiro atoms. The minimum Gasteiger partial charge on any atom is -0.462 e. The van der Waals surface area contributed by atoms with Gasteiger partial charge in [0.05, 0.1) is 35.5 Å². The van der Waals surface area contributed by atoms with Gasteiger partial charge in [-0.25, -0.2) is 23.2 Å². The van der Waals surface area contributed by atoms with E-state index in [1.54, 1.807) is 32.0 Å². The summed E-state index contributed by atoms with van der Waals surface area (Å²) in [6.45, 7) is 6.53. The Morgan fingerprint density at radius 2 is 1.77 bits per heavy atom. The summed E-state index contributed by atoms with van der Waals surface area (Å²) < 4.78 is 29.2. The van der Waals surface area contributed by atoms with Gasteiger partial charge in [-0.3, -0.25) is 4.79 Å². The Bertz CT molecular complexity index is 1460. The van der Waals surface area contributed by atoms with Crippen molar-refractivity contribution in [3.05, 3.63) is 82.7 Å². The highest BCUT2D eigenvalue weighted by Crippen LogP contribution is 2.33. The fourth-order valence-electron chi connectivity index (χ4n) is 4.77. The first-order chi connectivity index (χ1) is 19.2. The van der Waals surface area contributed by atoms with Crippen molar-refractivity contribution >= 4 is 27.7 Å². The van der Waals surface area contributed by atoms with Crippen LogP contribution in [0.1, 0.15) is 76.6 Å². The summed E-state index contributed by atoms with van der Waals surface area (Å²) in [4.78, 5) is 36.2. The number of benzene rings is 2. The number of carbonyl (C=O) groups excluding carboxylic acids is 2. The van der Waals surface area contributed by atoms with Crippen LogP contribution in [0.4, 0.5) is 5.95 Å². The van der Waals surface area contributed by atoms with E-state index in [2.05, 4.69) is 22.2 Å². The molecule has 2 heterocycles. The number of aliphatic hydroxyl groups is 1. The van der Waals surface area contributed by atoms with Crippen LogP contribution in [-0.2, 0) is 21.1 Å². The SMILES string of the molecule is CCOC(=O)c1cnc(N2Cc3cc(C(=O)NC(CO)c4ccc(S(=O)(=O)CC)cc4)ccc3C(CC)C2)nc1. The molecule has 1 aliphatic rings. The lowest BCUT2D eigenvalue weighted by molar-refractivity contribution is 0.0525. The highest BCUT2D eigenvalue weighted by molar-refractivity contribution is 7.91. The van der Waals surface area contributed by atoms with Crippen LogP contribution >= 0.6 is 0 Å². The lowest BCUT2D eigenvalue weighted by atomic mass is 9.87. The van der Waals surface area contributed by atoms with Gasteiger partial charge >= 0.3 is 5.97 Å². The third-order valence-corrected chi connectivity index (χ3v) is 8.83. The molecule has 3 aromatic rings. The third kappa shape index (κ3) is 6.31. The number of rotatable bonds is 10. The Morgan fingerprint density at radius 3 is 2.38 bits per heavy atom. The molecule has 40 heavy (non-hydrogen) atoms. The number of sulfone groups is 1. The predicted octanol–water partition coefficient (Wildman–Crippen LogP) is 3.42. The fraction of sp³-hybridized carbons (Fsp3) is 0.379. The average Bonchev–Trinajstić information content (AvgIpc) is 2.99. The van der Waals surface area contributed by atoms with E-state index in [4.69, 9.17) is 4.74 Å². The molecule has 2 atom stereocenters. The zero-order valence-electron chi connectivity index (χ0n) is 22.8. The van der Waals surface area contributed by atoms with Crippen LogP contribution < -0.4 is 10.2 Å². The summed E-state index contributed by atoms with van der Waals surface area (Å²) in [5, 5.41) is 12.8. The van der Waals surface area contributed by atoms with Crippen LogP contribution in [-0.4, -0.2) is 60.9 Å². The first-order valence-electron chi connectivity index (χ1n) is 13.3. The van der Waals surface area contributed by atoms with Crippen LogP contribution in [0.5, 0.6) is 0 Å². The molecule has 0 saturated heterocycles. The topological polar surface area (TPSA) is 139 Å². The van der Waals surface area contributed by atoms with Gasteiger partial charge in [0.2, 0.25) is 5.95 Å². The molecule has 10 nitrogen and oxygen atoms in total. The first-order valence-corrected chi connectivity index (χ1v) is 15.0. The second-order valence-electron chi connectivity index (χ2n) is 9.57. The van der Waals surface area contributed by atoms with Gasteiger partial charge < -0.3 is 20.1 Å². The van der Waals surface area contributed by atoms with Gasteiger partial charge in [0.1, 0.15) is 0 Å². The summed E-state index contributed by atoms with van der Waals surface area (Å²) in [5.41, 5.74) is 3.46. The van der Waals surface area contributed by atoms with Crippen molar-refractivity contribution in [3.8, 4) is 0 Å². The molecule has 1 aromatic heterocycles. The summed E-state index contributed by atoms with van der Waals surface area (Å²) >= 11 is 0. The molecule has 4 rings (SSSR count). The van der Waals surface area contributed by atoms with E-state index in [0.717, 1.165) is 17.5 Å². The highest BCUT2D eigenvalue weighted by Gasteiger charge is 2.27. The smallest absolute Gasteiger partial charge is 0.341 e. The lowest BCUT2D eigenvalue weighted by Crippen LogP contribution is -2.35. The number of esters is 1. The maximum absolute atomic E-state index is 13.2. The number of nitrogens with zero attached hydrogens (tertiary/aromatic N) is 3. The molecule has 1 aliphatic heterocycles. The predicted molar refractivity (Wildman–Crippen MR) is 150 cm³/mol. The standard InChI is InChI=1S/C29H34N4O6S/c1-4-19-16-33(29-30-14-23(15-31-29)28(36)39-5-2)17-22-13-21(9-12-25(19)22)27(35)32-26(18-34)20-7-10-24(11-8-20)40(37,38)6-3/h7-15,19,26,34H,4-6,16-18H2,1-3H3,(H,32,35). The molecule has 2 unspecified atom stereocenters. The summed E-state index contributed by atoms with van der Waals surface area (Å²) in [7, 11) is -3.35. The molecule has 0 radical (unpaired) electrons. The van der Waals surface area contributed by atoms with E-state index in [1.165, 1.54) is 24.5 Å². The Kier molecular flexibility index (Phi) is 9.16. The Hall–Kier alpha value is -3.83. The van der Waals surface area contributed by atoms with Gasteiger partial charge in [0, 0.05) is 37.0 Å². The minimum atomic E-state index is -3.35. The summed E-state index contributed by atoms with van der Waals surface area (Å²) in [6.07, 6.45) is 3.80. The van der Waals surface area contributed by atoms with Crippen molar-refractivity contribution < 1.29 is 27.9 Å². The van der Waals surface area contributed by atoms with E-state index in [1.807, 2.05) is 17.0 Å². The van der Waals surface area contributed by atoms with Crippen LogP contribution in [0.2, 0.25) is 0 Å². The monoisotopic (exact) mass is 566 g/mol. The van der Waals surface area contributed by atoms with Crippen molar-refractivity contribution in [1.82, 2.24) is 15.3 Å². The second kappa shape index (κ2) is 12.6. The van der Waals surface area contributed by atoms with E-state index < -0.39 is 21.8 Å². The first kappa shape index (κ1) is 29.2. The van der Waals surface area contributed by atoms with Gasteiger partial charge in [0.15, 0.2) is 9.84 Å². The number of nitrogens with one attached hydrogen (secondary N) is 1. The maximum atomic E-state index is 13.2. The quantitative estimate of drug-likeness (QED) is 0.353. The number of carbonyl (C=O) groups is 2. The Morgan fingerprint density at radius 1 is 1.07 bits per heavy atom. The van der Waals surface area contributed by atoms with Crippen molar-refractivity contribution in [2.24, 2.45) is 0 Å². The number of ether oxygens (including phenoxy) is 1. The maximum Gasteiger partial charge on any atom is 0.341 e. The fourth-order valence-corrected chi connectivity index (χ4v) is 5.66. The van der Waals surface area contributed by atoms with Crippen molar-refractivity contribution in [2.75, 3.05) is 30.4 Å². The van der Waals surface area contributed by atoms with Gasteiger partial charge in [-0.2, -0.15) is 0 Å². The van der Waals surface area contributed by atoms with Gasteiger partial charge in [0.25, 0.3) is 5.91 Å². The van der Waals surface area contributed by atoms with E-state index in [0.29, 0.717) is 30.2 Å². The molecule has 0 saturated carbocycles. The average molecular weight is 567 g/mol. The third-order valence-electron chi connectivity index (χ3n) is 7.08. The number of aromatic nitrogens is 2. The zero-order chi connectivity index (χ0) is 28.9. The molecule has 1 amide bonds. The van der Waals surface area contributed by atoms with Crippen LogP contribution in [0, 0.1) is 0 Å². The summed E-state index contributed by atoms with van der Waals surface area (Å²) in [6, 6.07) is 11.1. The zero-order valence-corrected chi connectivity index (χ0v) is 23.6. The molecule has 0 fully saturated rings. The number of aliphatic hydroxyl groups excluding tert-OH is 1. The van der Waals surface area contributed by atoms with Crippen LogP contribution in [0.3, 0.4) is 0 Å². The Balaban J connectivity index is 1.52. The number of hydrogen-bond acceptors (Lipinski definition) is 9. The Labute approximate surface area is 234 Å². The largest absolute Gasteiger partial charge is 0.462 e. The van der Waals surface area contributed by atoms with E-state index in [-0.39, 0.29) is 41.3 Å². The van der Waals surface area contributed by atoms with Crippen molar-refractivity contribution in [1.29, 1.82) is 0 Å². The normalized spacial score (nSPS) is 15.7. The van der Waals surface area contributed by atoms with Gasteiger partial charge in [-0.05, 0) is 54.3 Å². The van der Waals surface area contributed by atoms with Crippen LogP contribution in [0.25, 0.3) is 0 Å². The molecule has 2 N–H and O–H groups in total. The molecule has 2 aromatic carbocycles. The number of anilines is 1. The number of hydrogen-bond donors (Lipinski definition) is 2. The molecule has 0 bridgehead atoms. The molecule has 212 valence electrons. The molecular weight excluding hydrogens is 532 g/mol. The second-order valence-corrected chi connectivity index (χ2v) is 11.9. The van der Waals surface area contributed by atoms with E-state index >= 15 is 0 Å². The van der Waals surface area contributed by atoms with Gasteiger partial charge in [-0.1, -0.05) is 32.0 Å². The summed E-state index contributed by atoms with van der Waals surface area (Å²) in [5.74, 6) is -0.139. The van der Waals surface area contributed by atoms with Crippen molar-refractivity contribution in [3.63, 3.8) is 0 Å². The number of amides is 1. The molecule has 11 heteroatoms. The number of fused-ring (bicyclic) bond motifs is 1. The minimum absolute atomic E-state index is 0.00775. The molecular formula is C29H34N4O6S. The van der Waals surface area contributed by atoms with Crippen molar-refractivity contribution in [2.45, 2.75) is 50.6 Å². The lowest BCUT2D eigenvalue weighted by Gasteiger charge is -2.34.